The van der Waals surface area contributed by atoms with Crippen LogP contribution in [-0.4, -0.2) is 18.2 Å². The summed E-state index contributed by atoms with van der Waals surface area (Å²) in [5, 5.41) is 17.8. The summed E-state index contributed by atoms with van der Waals surface area (Å²) in [7, 11) is 1.58. The first-order chi connectivity index (χ1) is 12.2. The first kappa shape index (κ1) is 17.5. The van der Waals surface area contributed by atoms with Crippen molar-refractivity contribution >= 4 is 34.4 Å². The lowest BCUT2D eigenvalue weighted by Gasteiger charge is -2.08. The molecule has 130 valence electrons. The fourth-order valence-corrected chi connectivity index (χ4v) is 4.03. The Morgan fingerprint density at radius 2 is 2.08 bits per heavy atom. The Morgan fingerprint density at radius 3 is 2.84 bits per heavy atom. The third-order valence-corrected chi connectivity index (χ3v) is 5.58. The van der Waals surface area contributed by atoms with Gasteiger partial charge >= 0.3 is 6.03 Å². The lowest BCUT2D eigenvalue weighted by molar-refractivity contribution is 0.228. The van der Waals surface area contributed by atoms with Crippen LogP contribution in [0.2, 0.25) is 0 Å². The van der Waals surface area contributed by atoms with Crippen LogP contribution in [0.1, 0.15) is 20.7 Å². The Kier molecular flexibility index (Phi) is 5.70. The lowest BCUT2D eigenvalue weighted by Crippen LogP contribution is -2.27. The summed E-state index contributed by atoms with van der Waals surface area (Å²) < 4.78 is 5.13. The molecule has 3 rings (SSSR count). The monoisotopic (exact) mass is 374 g/mol. The Morgan fingerprint density at radius 1 is 1.20 bits per heavy atom. The molecule has 0 fully saturated rings. The minimum Gasteiger partial charge on any atom is -0.497 e. The molecule has 1 aromatic carbocycles. The van der Waals surface area contributed by atoms with Crippen LogP contribution in [-0.2, 0) is 6.54 Å². The van der Waals surface area contributed by atoms with Crippen molar-refractivity contribution in [2.24, 2.45) is 0 Å². The van der Waals surface area contributed by atoms with Crippen molar-refractivity contribution in [3.63, 3.8) is 0 Å². The standard InChI is InChI=1S/C18H18N2O3S2/c1-23-13-5-2-4-12(10-13)20-18(22)19-11-14-7-8-16(25-14)17(21)15-6-3-9-24-15/h2-10,17,21H,11H2,1H3,(H2,19,20,22). The van der Waals surface area contributed by atoms with E-state index < -0.39 is 6.10 Å². The van der Waals surface area contributed by atoms with Crippen LogP contribution in [0, 0.1) is 0 Å². The quantitative estimate of drug-likeness (QED) is 0.605. The van der Waals surface area contributed by atoms with Crippen molar-refractivity contribution in [2.45, 2.75) is 12.6 Å². The largest absolute Gasteiger partial charge is 0.497 e. The number of aliphatic hydroxyl groups excluding tert-OH is 1. The number of carbonyl (C=O) groups is 1. The molecule has 1 unspecified atom stereocenters. The van der Waals surface area contributed by atoms with E-state index in [-0.39, 0.29) is 6.03 Å². The average Bonchev–Trinajstić information content (AvgIpc) is 3.31. The highest BCUT2D eigenvalue weighted by Gasteiger charge is 2.14. The maximum Gasteiger partial charge on any atom is 0.319 e. The van der Waals surface area contributed by atoms with Crippen molar-refractivity contribution in [3.05, 3.63) is 68.5 Å². The number of anilines is 1. The van der Waals surface area contributed by atoms with Crippen molar-refractivity contribution in [3.8, 4) is 5.75 Å². The molecule has 0 saturated carbocycles. The number of aliphatic hydroxyl groups is 1. The Bertz CT molecular complexity index is 830. The van der Waals surface area contributed by atoms with Gasteiger partial charge in [-0.15, -0.1) is 22.7 Å². The van der Waals surface area contributed by atoms with Gasteiger partial charge in [-0.05, 0) is 35.7 Å². The molecule has 7 heteroatoms. The highest BCUT2D eigenvalue weighted by atomic mass is 32.1. The number of hydrogen-bond acceptors (Lipinski definition) is 5. The zero-order valence-corrected chi connectivity index (χ0v) is 15.2. The number of urea groups is 1. The van der Waals surface area contributed by atoms with Gasteiger partial charge in [-0.1, -0.05) is 12.1 Å². The normalized spacial score (nSPS) is 11.8. The van der Waals surface area contributed by atoms with Crippen molar-refractivity contribution in [1.29, 1.82) is 0 Å². The molecule has 0 aliphatic carbocycles. The van der Waals surface area contributed by atoms with Gasteiger partial charge in [-0.3, -0.25) is 0 Å². The fourth-order valence-electron chi connectivity index (χ4n) is 2.27. The van der Waals surface area contributed by atoms with Crippen LogP contribution < -0.4 is 15.4 Å². The number of ether oxygens (including phenoxy) is 1. The van der Waals surface area contributed by atoms with Crippen LogP contribution in [0.4, 0.5) is 10.5 Å². The fraction of sp³-hybridized carbons (Fsp3) is 0.167. The van der Waals surface area contributed by atoms with Gasteiger partial charge in [-0.2, -0.15) is 0 Å². The van der Waals surface area contributed by atoms with Gasteiger partial charge in [0.25, 0.3) is 0 Å². The second-order valence-electron chi connectivity index (χ2n) is 5.26. The van der Waals surface area contributed by atoms with Crippen molar-refractivity contribution in [1.82, 2.24) is 5.32 Å². The van der Waals surface area contributed by atoms with Crippen LogP contribution in [0.25, 0.3) is 0 Å². The van der Waals surface area contributed by atoms with Gasteiger partial charge in [0.05, 0.1) is 13.7 Å². The third-order valence-electron chi connectivity index (χ3n) is 3.52. The molecule has 2 aromatic heterocycles. The second-order valence-corrected chi connectivity index (χ2v) is 7.44. The summed E-state index contributed by atoms with van der Waals surface area (Å²) >= 11 is 3.01. The van der Waals surface area contributed by atoms with Gasteiger partial charge in [0, 0.05) is 26.4 Å². The summed E-state index contributed by atoms with van der Waals surface area (Å²) in [6, 6.07) is 14.5. The third kappa shape index (κ3) is 4.60. The summed E-state index contributed by atoms with van der Waals surface area (Å²) in [6.07, 6.45) is -0.607. The number of carbonyl (C=O) groups excluding carboxylic acids is 1. The van der Waals surface area contributed by atoms with E-state index in [0.717, 1.165) is 14.6 Å². The van der Waals surface area contributed by atoms with Gasteiger partial charge in [0.1, 0.15) is 11.9 Å². The molecule has 0 radical (unpaired) electrons. The predicted molar refractivity (Wildman–Crippen MR) is 102 cm³/mol. The molecule has 25 heavy (non-hydrogen) atoms. The molecule has 0 aliphatic heterocycles. The number of amides is 2. The molecule has 3 N–H and O–H groups in total. The lowest BCUT2D eigenvalue weighted by atomic mass is 10.2. The second kappa shape index (κ2) is 8.15. The molecule has 2 amide bonds. The summed E-state index contributed by atoms with van der Waals surface area (Å²) in [4.78, 5) is 14.8. The highest BCUT2D eigenvalue weighted by Crippen LogP contribution is 2.30. The summed E-state index contributed by atoms with van der Waals surface area (Å²) in [5.74, 6) is 0.684. The van der Waals surface area contributed by atoms with E-state index in [1.54, 1.807) is 19.2 Å². The molecule has 0 saturated heterocycles. The minimum absolute atomic E-state index is 0.290. The first-order valence-corrected chi connectivity index (χ1v) is 9.34. The van der Waals surface area contributed by atoms with Gasteiger partial charge in [0.2, 0.25) is 0 Å². The molecule has 1 atom stereocenters. The van der Waals surface area contributed by atoms with E-state index in [4.69, 9.17) is 4.74 Å². The maximum absolute atomic E-state index is 12.0. The molecule has 2 heterocycles. The summed E-state index contributed by atoms with van der Waals surface area (Å²) in [6.45, 7) is 0.400. The number of methoxy groups -OCH3 is 1. The van der Waals surface area contributed by atoms with E-state index in [1.807, 2.05) is 41.8 Å². The number of rotatable bonds is 6. The number of nitrogens with one attached hydrogen (secondary N) is 2. The first-order valence-electron chi connectivity index (χ1n) is 7.64. The summed E-state index contributed by atoms with van der Waals surface area (Å²) in [5.41, 5.74) is 0.664. The average molecular weight is 374 g/mol. The van der Waals surface area contributed by atoms with Crippen LogP contribution >= 0.6 is 22.7 Å². The van der Waals surface area contributed by atoms with Gasteiger partial charge in [0.15, 0.2) is 0 Å². The SMILES string of the molecule is COc1cccc(NC(=O)NCc2ccc(C(O)c3cccs3)s2)c1. The number of benzene rings is 1. The van der Waals surface area contributed by atoms with E-state index in [1.165, 1.54) is 22.7 Å². The molecular formula is C18H18N2O3S2. The number of hydrogen-bond donors (Lipinski definition) is 3. The topological polar surface area (TPSA) is 70.6 Å². The molecule has 0 bridgehead atoms. The van der Waals surface area contributed by atoms with Crippen LogP contribution in [0.5, 0.6) is 5.75 Å². The van der Waals surface area contributed by atoms with Crippen LogP contribution in [0.15, 0.2) is 53.9 Å². The Labute approximate surface area is 153 Å². The molecular weight excluding hydrogens is 356 g/mol. The van der Waals surface area contributed by atoms with E-state index in [9.17, 15) is 9.90 Å². The maximum atomic E-state index is 12.0. The van der Waals surface area contributed by atoms with Crippen molar-refractivity contribution < 1.29 is 14.6 Å². The van der Waals surface area contributed by atoms with E-state index in [2.05, 4.69) is 10.6 Å². The van der Waals surface area contributed by atoms with Gasteiger partial charge < -0.3 is 20.5 Å². The van der Waals surface area contributed by atoms with E-state index >= 15 is 0 Å². The minimum atomic E-state index is -0.607. The molecule has 0 spiro atoms. The Balaban J connectivity index is 1.54. The molecule has 3 aromatic rings. The van der Waals surface area contributed by atoms with Gasteiger partial charge in [-0.25, -0.2) is 4.79 Å². The predicted octanol–water partition coefficient (Wildman–Crippen LogP) is 4.22. The molecule has 0 aliphatic rings. The van der Waals surface area contributed by atoms with Crippen LogP contribution in [0.3, 0.4) is 0 Å². The van der Waals surface area contributed by atoms with Crippen molar-refractivity contribution in [2.75, 3.05) is 12.4 Å². The zero-order valence-electron chi connectivity index (χ0n) is 13.6. The smallest absolute Gasteiger partial charge is 0.319 e. The highest BCUT2D eigenvalue weighted by molar-refractivity contribution is 7.12. The molecule has 5 nitrogen and oxygen atoms in total. The zero-order chi connectivity index (χ0) is 17.6. The number of thiophene rings is 2. The van der Waals surface area contributed by atoms with E-state index in [0.29, 0.717) is 18.0 Å². The Hall–Kier alpha value is -2.35.